The first-order valence-corrected chi connectivity index (χ1v) is 30.8. The Bertz CT molecular complexity index is 2930. The van der Waals surface area contributed by atoms with Crippen LogP contribution in [-0.2, 0) is 22.4 Å². The van der Waals surface area contributed by atoms with Gasteiger partial charge in [0, 0.05) is 17.8 Å². The summed E-state index contributed by atoms with van der Waals surface area (Å²) in [6, 6.07) is 85.1. The molecule has 6 unspecified atom stereocenters. The van der Waals surface area contributed by atoms with Crippen LogP contribution in [0.3, 0.4) is 0 Å². The highest BCUT2D eigenvalue weighted by Gasteiger charge is 2.48. The van der Waals surface area contributed by atoms with Gasteiger partial charge >= 0.3 is 0 Å². The second-order valence-corrected chi connectivity index (χ2v) is 27.9. The van der Waals surface area contributed by atoms with Crippen LogP contribution in [0.4, 0.5) is 0 Å². The van der Waals surface area contributed by atoms with E-state index in [1.807, 2.05) is 60.7 Å². The van der Waals surface area contributed by atoms with Crippen LogP contribution >= 0.6 is 14.5 Å². The molecule has 0 spiro atoms. The molecule has 0 aromatic heterocycles. The summed E-state index contributed by atoms with van der Waals surface area (Å²) < 4.78 is 34.4. The second kappa shape index (κ2) is 23.6. The van der Waals surface area contributed by atoms with Gasteiger partial charge in [0.25, 0.3) is 10.1 Å². The summed E-state index contributed by atoms with van der Waals surface area (Å²) in [5, 5.41) is 56.6. The third-order valence-electron chi connectivity index (χ3n) is 14.8. The maximum Gasteiger partial charge on any atom is 0.294 e. The van der Waals surface area contributed by atoms with Gasteiger partial charge in [-0.05, 0) is 127 Å². The summed E-state index contributed by atoms with van der Waals surface area (Å²) in [5.74, 6) is -3.06. The predicted octanol–water partition coefficient (Wildman–Crippen LogP) is 10.1. The van der Waals surface area contributed by atoms with Gasteiger partial charge < -0.3 is 20.4 Å². The molecule has 9 aromatic carbocycles. The van der Waals surface area contributed by atoms with Gasteiger partial charge in [0.15, 0.2) is 0 Å². The van der Waals surface area contributed by atoms with Gasteiger partial charge in [0.05, 0.1) is 41.6 Å². The van der Waals surface area contributed by atoms with Gasteiger partial charge in [-0.3, -0.25) is 4.55 Å². The van der Waals surface area contributed by atoms with Crippen molar-refractivity contribution in [2.75, 3.05) is 0 Å². The number of hydrogen-bond donors (Lipinski definition) is 5. The molecule has 0 radical (unpaired) electrons. The molecular weight excluding hydrogens is 987 g/mol. The zero-order valence-corrected chi connectivity index (χ0v) is 44.7. The van der Waals surface area contributed by atoms with E-state index in [0.29, 0.717) is 29.0 Å². The molecule has 0 heterocycles. The Kier molecular flexibility index (Phi) is 16.8. The first-order valence-electron chi connectivity index (χ1n) is 25.4. The Morgan fingerprint density at radius 2 is 0.560 bits per heavy atom. The molecule has 9 aromatic rings. The Morgan fingerprint density at radius 3 is 0.787 bits per heavy atom. The van der Waals surface area contributed by atoms with Crippen molar-refractivity contribution in [1.82, 2.24) is 0 Å². The molecule has 0 fully saturated rings. The highest BCUT2D eigenvalue weighted by molar-refractivity contribution is 7.95. The molecule has 10 heteroatoms. The van der Waals surface area contributed by atoms with Crippen LogP contribution in [0.1, 0.15) is 59.4 Å². The Morgan fingerprint density at radius 1 is 0.333 bits per heavy atom. The molecule has 0 aliphatic rings. The minimum atomic E-state index is -4.57. The van der Waals surface area contributed by atoms with Crippen molar-refractivity contribution in [3.8, 4) is 0 Å². The molecule has 0 amide bonds. The largest absolute Gasteiger partial charge is 0.393 e. The normalized spacial score (nSPS) is 15.0. The minimum Gasteiger partial charge on any atom is -0.393 e. The van der Waals surface area contributed by atoms with Crippen molar-refractivity contribution in [1.29, 1.82) is 0 Å². The highest BCUT2D eigenvalue weighted by Crippen LogP contribution is 2.59. The first-order chi connectivity index (χ1) is 36.3. The van der Waals surface area contributed by atoms with Crippen LogP contribution in [0.25, 0.3) is 0 Å². The first kappa shape index (κ1) is 53.4. The summed E-state index contributed by atoms with van der Waals surface area (Å²) in [7, 11) is -9.09. The van der Waals surface area contributed by atoms with Gasteiger partial charge in [-0.1, -0.05) is 170 Å². The van der Waals surface area contributed by atoms with Crippen molar-refractivity contribution < 1.29 is 33.4 Å². The summed E-state index contributed by atoms with van der Waals surface area (Å²) in [6.45, 7) is 3.22. The maximum absolute atomic E-state index is 12.9. The average Bonchev–Trinajstić information content (AvgIpc) is 3.44. The highest BCUT2D eigenvalue weighted by atomic mass is 32.2. The molecule has 0 aliphatic carbocycles. The molecule has 380 valence electrons. The van der Waals surface area contributed by atoms with Crippen LogP contribution in [0.5, 0.6) is 0 Å². The molecule has 0 saturated heterocycles. The lowest BCUT2D eigenvalue weighted by Crippen LogP contribution is -2.42. The monoisotopic (exact) mass is 1050 g/mol. The Hall–Kier alpha value is -6.41. The van der Waals surface area contributed by atoms with E-state index in [4.69, 9.17) is 0 Å². The van der Waals surface area contributed by atoms with Crippen molar-refractivity contribution >= 4 is 56.5 Å². The van der Waals surface area contributed by atoms with E-state index in [0.717, 1.165) is 11.1 Å². The molecular formula is C65H64O7P2S+2. The lowest BCUT2D eigenvalue weighted by Gasteiger charge is -2.39. The second-order valence-electron chi connectivity index (χ2n) is 19.5. The van der Waals surface area contributed by atoms with E-state index >= 15 is 0 Å². The molecule has 0 bridgehead atoms. The summed E-state index contributed by atoms with van der Waals surface area (Å²) >= 11 is 0. The smallest absolute Gasteiger partial charge is 0.294 e. The molecule has 0 saturated carbocycles. The standard InChI is InChI=1S/C65H63O7P2S/c1-47(66)61(51-37-33-49(34-38-51)45-73(54-21-9-3-10-22-54,55-23-11-4-12-24-55)56-25-13-5-14-26-56)64(68)63(53-41-43-60(44-42-53)75(70,71)72)65(69)62(48(2)67)52-39-35-50(36-40-52)46-74(57-27-15-6-16-28-57,58-29-17-7-18-30-58)59-31-19-8-20-32-59/h3-44,47-48,61-69H,45-46H2,1-2H3/q+1/p+1. The third kappa shape index (κ3) is 11.4. The summed E-state index contributed by atoms with van der Waals surface area (Å²) in [5.41, 5.74) is 3.76. The van der Waals surface area contributed by atoms with E-state index < -0.39 is 66.8 Å². The van der Waals surface area contributed by atoms with Crippen molar-refractivity contribution in [2.45, 2.75) is 73.2 Å². The predicted molar refractivity (Wildman–Crippen MR) is 310 cm³/mol. The van der Waals surface area contributed by atoms with E-state index in [1.165, 1.54) is 56.1 Å². The van der Waals surface area contributed by atoms with E-state index in [1.54, 1.807) is 13.8 Å². The molecule has 7 nitrogen and oxygen atoms in total. The molecule has 6 atom stereocenters. The molecule has 9 rings (SSSR count). The van der Waals surface area contributed by atoms with Crippen LogP contribution in [0, 0.1) is 0 Å². The van der Waals surface area contributed by atoms with Gasteiger partial charge in [-0.15, -0.1) is 0 Å². The van der Waals surface area contributed by atoms with Gasteiger partial charge in [0.2, 0.25) is 0 Å². The van der Waals surface area contributed by atoms with Crippen molar-refractivity contribution in [3.05, 3.63) is 283 Å². The number of aliphatic hydroxyl groups excluding tert-OH is 4. The Labute approximate surface area is 443 Å². The van der Waals surface area contributed by atoms with Gasteiger partial charge in [0.1, 0.15) is 46.4 Å². The number of hydrogen-bond acceptors (Lipinski definition) is 6. The number of aliphatic hydroxyl groups is 4. The van der Waals surface area contributed by atoms with Crippen molar-refractivity contribution in [2.24, 2.45) is 0 Å². The topological polar surface area (TPSA) is 135 Å². The average molecular weight is 1050 g/mol. The Balaban J connectivity index is 1.08. The molecule has 0 aliphatic heterocycles. The fourth-order valence-electron chi connectivity index (χ4n) is 11.2. The summed E-state index contributed by atoms with van der Waals surface area (Å²) in [6.07, 6.45) is -3.74. The van der Waals surface area contributed by atoms with E-state index in [9.17, 15) is 33.4 Å². The minimum absolute atomic E-state index is 0.347. The van der Waals surface area contributed by atoms with Crippen LogP contribution in [-0.4, -0.2) is 57.8 Å². The third-order valence-corrected chi connectivity index (χ3v) is 24.4. The SMILES string of the molecule is CC(O)C(c1ccc(C[P+](c2ccccc2)(c2ccccc2)c2ccccc2)cc1)C(O)C(c1ccc(S(=O)(=O)O)cc1)C(O)C(c1ccc(C[P+](c2ccccc2)(c2ccccc2)c2ccccc2)cc1)C(C)O. The maximum atomic E-state index is 12.9. The number of rotatable bonds is 20. The zero-order valence-electron chi connectivity index (χ0n) is 42.1. The lowest BCUT2D eigenvalue weighted by molar-refractivity contribution is -0.0212. The van der Waals surface area contributed by atoms with E-state index in [2.05, 4.69) is 170 Å². The number of benzene rings is 9. The fraction of sp³-hybridized carbons (Fsp3) is 0.169. The van der Waals surface area contributed by atoms with Crippen LogP contribution in [0.2, 0.25) is 0 Å². The van der Waals surface area contributed by atoms with Gasteiger partial charge in [-0.25, -0.2) is 0 Å². The van der Waals surface area contributed by atoms with E-state index in [-0.39, 0.29) is 4.90 Å². The zero-order chi connectivity index (χ0) is 52.6. The molecule has 5 N–H and O–H groups in total. The fourth-order valence-corrected chi connectivity index (χ4v) is 20.2. The van der Waals surface area contributed by atoms with Crippen LogP contribution in [0.15, 0.2) is 260 Å². The molecule has 75 heavy (non-hydrogen) atoms. The van der Waals surface area contributed by atoms with Gasteiger partial charge in [-0.2, -0.15) is 8.42 Å². The lowest BCUT2D eigenvalue weighted by atomic mass is 9.72. The quantitative estimate of drug-likeness (QED) is 0.0379. The van der Waals surface area contributed by atoms with Crippen LogP contribution < -0.4 is 31.8 Å². The summed E-state index contributed by atoms with van der Waals surface area (Å²) in [4.78, 5) is -0.347. The van der Waals surface area contributed by atoms with Crippen molar-refractivity contribution in [3.63, 3.8) is 0 Å².